The Morgan fingerprint density at radius 3 is 2.00 bits per heavy atom. The number of hydrogen-bond acceptors (Lipinski definition) is 3. The van der Waals surface area contributed by atoms with Gasteiger partial charge in [0.1, 0.15) is 0 Å². The molecule has 1 aromatic carbocycles. The first-order valence-corrected chi connectivity index (χ1v) is 8.52. The first-order valence-electron chi connectivity index (χ1n) is 8.52. The second kappa shape index (κ2) is 5.48. The summed E-state index contributed by atoms with van der Waals surface area (Å²) in [6.45, 7) is 2.07. The Balaban J connectivity index is 1.94. The maximum Gasteiger partial charge on any atom is 0.161 e. The largest absolute Gasteiger partial charge is 0.362 e. The molecule has 0 amide bonds. The lowest BCUT2D eigenvalue weighted by atomic mass is 9.71. The number of allylic oxidation sites excluding steroid dienone is 4. The van der Waals surface area contributed by atoms with Crippen molar-refractivity contribution in [3.8, 4) is 0 Å². The van der Waals surface area contributed by atoms with E-state index in [0.29, 0.717) is 12.8 Å². The molecule has 23 heavy (non-hydrogen) atoms. The average Bonchev–Trinajstić information content (AvgIpc) is 2.54. The minimum absolute atomic E-state index is 0.164. The van der Waals surface area contributed by atoms with Crippen molar-refractivity contribution in [2.75, 3.05) is 0 Å². The number of carbonyl (C=O) groups is 2. The number of rotatable bonds is 1. The average molecular weight is 307 g/mol. The van der Waals surface area contributed by atoms with E-state index in [9.17, 15) is 9.59 Å². The SMILES string of the molecule is Cc1ccccc1C1C2=C(CCCC2=O)NC2=C1C(=O)CCC2. The number of hydrogen-bond donors (Lipinski definition) is 1. The predicted molar refractivity (Wildman–Crippen MR) is 88.8 cm³/mol. The summed E-state index contributed by atoms with van der Waals surface area (Å²) < 4.78 is 0. The van der Waals surface area contributed by atoms with E-state index in [0.717, 1.165) is 59.4 Å². The number of Topliss-reactive ketones (excluding diaryl/α,β-unsaturated/α-hetero) is 2. The van der Waals surface area contributed by atoms with E-state index >= 15 is 0 Å². The molecule has 3 heteroatoms. The number of aryl methyl sites for hydroxylation is 1. The third-order valence-corrected chi connectivity index (χ3v) is 5.29. The molecule has 0 saturated heterocycles. The quantitative estimate of drug-likeness (QED) is 0.860. The molecular weight excluding hydrogens is 286 g/mol. The summed E-state index contributed by atoms with van der Waals surface area (Å²) >= 11 is 0. The fraction of sp³-hybridized carbons (Fsp3) is 0.400. The highest BCUT2D eigenvalue weighted by Gasteiger charge is 2.40. The first-order chi connectivity index (χ1) is 11.2. The summed E-state index contributed by atoms with van der Waals surface area (Å²) in [5.41, 5.74) is 6.07. The summed E-state index contributed by atoms with van der Waals surface area (Å²) in [5, 5.41) is 3.45. The molecule has 3 nitrogen and oxygen atoms in total. The third-order valence-electron chi connectivity index (χ3n) is 5.29. The molecule has 1 aliphatic heterocycles. The smallest absolute Gasteiger partial charge is 0.161 e. The summed E-state index contributed by atoms with van der Waals surface area (Å²) in [6, 6.07) is 8.16. The Kier molecular flexibility index (Phi) is 3.44. The summed E-state index contributed by atoms with van der Waals surface area (Å²) in [5.74, 6) is 0.247. The van der Waals surface area contributed by atoms with Crippen LogP contribution in [0.5, 0.6) is 0 Å². The van der Waals surface area contributed by atoms with E-state index in [1.165, 1.54) is 0 Å². The summed E-state index contributed by atoms with van der Waals surface area (Å²) in [7, 11) is 0. The molecule has 0 atom stereocenters. The van der Waals surface area contributed by atoms with Crippen LogP contribution in [0.15, 0.2) is 46.8 Å². The summed E-state index contributed by atoms with van der Waals surface area (Å²) in [6.07, 6.45) is 4.83. The fourth-order valence-corrected chi connectivity index (χ4v) is 4.20. The van der Waals surface area contributed by atoms with Crippen LogP contribution in [0.2, 0.25) is 0 Å². The molecule has 1 N–H and O–H groups in total. The van der Waals surface area contributed by atoms with Gasteiger partial charge in [-0.3, -0.25) is 9.59 Å². The lowest BCUT2D eigenvalue weighted by Crippen LogP contribution is -2.36. The van der Waals surface area contributed by atoms with Crippen molar-refractivity contribution in [3.05, 3.63) is 57.9 Å². The van der Waals surface area contributed by atoms with Gasteiger partial charge in [0.05, 0.1) is 0 Å². The molecule has 4 rings (SSSR count). The normalized spacial score (nSPS) is 22.0. The Bertz CT molecular complexity index is 728. The molecule has 0 saturated carbocycles. The van der Waals surface area contributed by atoms with E-state index < -0.39 is 0 Å². The lowest BCUT2D eigenvalue weighted by molar-refractivity contribution is -0.116. The number of dihydropyridines is 1. The van der Waals surface area contributed by atoms with Gasteiger partial charge in [0.15, 0.2) is 11.6 Å². The zero-order chi connectivity index (χ0) is 16.0. The minimum atomic E-state index is -0.164. The highest BCUT2D eigenvalue weighted by Crippen LogP contribution is 2.45. The van der Waals surface area contributed by atoms with E-state index in [4.69, 9.17) is 0 Å². The zero-order valence-electron chi connectivity index (χ0n) is 13.4. The van der Waals surface area contributed by atoms with Gasteiger partial charge in [-0.25, -0.2) is 0 Å². The molecule has 1 heterocycles. The van der Waals surface area contributed by atoms with Gasteiger partial charge in [0.25, 0.3) is 0 Å². The van der Waals surface area contributed by atoms with Crippen molar-refractivity contribution < 1.29 is 9.59 Å². The van der Waals surface area contributed by atoms with Crippen LogP contribution in [0.4, 0.5) is 0 Å². The molecule has 1 aromatic rings. The number of carbonyl (C=O) groups excluding carboxylic acids is 2. The molecule has 2 aliphatic carbocycles. The van der Waals surface area contributed by atoms with Crippen molar-refractivity contribution in [3.63, 3.8) is 0 Å². The zero-order valence-corrected chi connectivity index (χ0v) is 13.4. The van der Waals surface area contributed by atoms with Gasteiger partial charge in [-0.1, -0.05) is 24.3 Å². The Morgan fingerprint density at radius 1 is 0.870 bits per heavy atom. The molecule has 118 valence electrons. The van der Waals surface area contributed by atoms with E-state index in [1.54, 1.807) is 0 Å². The van der Waals surface area contributed by atoms with Crippen LogP contribution in [-0.2, 0) is 9.59 Å². The third kappa shape index (κ3) is 2.26. The van der Waals surface area contributed by atoms with Gasteiger partial charge >= 0.3 is 0 Å². The van der Waals surface area contributed by atoms with Gasteiger partial charge in [-0.2, -0.15) is 0 Å². The van der Waals surface area contributed by atoms with Crippen LogP contribution >= 0.6 is 0 Å². The molecule has 0 unspecified atom stereocenters. The van der Waals surface area contributed by atoms with Crippen molar-refractivity contribution in [2.45, 2.75) is 51.4 Å². The Morgan fingerprint density at radius 2 is 1.43 bits per heavy atom. The van der Waals surface area contributed by atoms with Gasteiger partial charge in [-0.05, 0) is 43.7 Å². The highest BCUT2D eigenvalue weighted by molar-refractivity contribution is 6.06. The van der Waals surface area contributed by atoms with Crippen molar-refractivity contribution in [1.29, 1.82) is 0 Å². The van der Waals surface area contributed by atoms with Crippen LogP contribution < -0.4 is 5.32 Å². The second-order valence-electron chi connectivity index (χ2n) is 6.75. The van der Waals surface area contributed by atoms with E-state index in [-0.39, 0.29) is 17.5 Å². The first kappa shape index (κ1) is 14.4. The summed E-state index contributed by atoms with van der Waals surface area (Å²) in [4.78, 5) is 25.3. The number of ketones is 2. The Labute approximate surface area is 136 Å². The Hall–Kier alpha value is -2.16. The second-order valence-corrected chi connectivity index (χ2v) is 6.75. The van der Waals surface area contributed by atoms with Gasteiger partial charge in [0, 0.05) is 41.3 Å². The predicted octanol–water partition coefficient (Wildman–Crippen LogP) is 3.70. The van der Waals surface area contributed by atoms with E-state index in [2.05, 4.69) is 24.4 Å². The van der Waals surface area contributed by atoms with Crippen LogP contribution in [0.1, 0.15) is 55.6 Å². The molecule has 0 fully saturated rings. The molecule has 0 radical (unpaired) electrons. The number of benzene rings is 1. The molecular formula is C20H21NO2. The van der Waals surface area contributed by atoms with Crippen LogP contribution in [0.3, 0.4) is 0 Å². The highest BCUT2D eigenvalue weighted by atomic mass is 16.1. The lowest BCUT2D eigenvalue weighted by Gasteiger charge is -2.37. The van der Waals surface area contributed by atoms with Crippen LogP contribution in [-0.4, -0.2) is 11.6 Å². The van der Waals surface area contributed by atoms with Crippen LogP contribution in [0, 0.1) is 6.92 Å². The van der Waals surface area contributed by atoms with Crippen molar-refractivity contribution in [2.24, 2.45) is 0 Å². The van der Waals surface area contributed by atoms with Gasteiger partial charge in [-0.15, -0.1) is 0 Å². The van der Waals surface area contributed by atoms with Crippen molar-refractivity contribution >= 4 is 11.6 Å². The topological polar surface area (TPSA) is 46.2 Å². The van der Waals surface area contributed by atoms with Crippen molar-refractivity contribution in [1.82, 2.24) is 5.32 Å². The van der Waals surface area contributed by atoms with Gasteiger partial charge < -0.3 is 5.32 Å². The van der Waals surface area contributed by atoms with Crippen LogP contribution in [0.25, 0.3) is 0 Å². The molecule has 0 bridgehead atoms. The molecule has 0 aromatic heterocycles. The van der Waals surface area contributed by atoms with E-state index in [1.807, 2.05) is 12.1 Å². The maximum atomic E-state index is 12.7. The van der Waals surface area contributed by atoms with Gasteiger partial charge in [0.2, 0.25) is 0 Å². The molecule has 3 aliphatic rings. The fourth-order valence-electron chi connectivity index (χ4n) is 4.20. The molecule has 0 spiro atoms. The monoisotopic (exact) mass is 307 g/mol. The standard InChI is InChI=1S/C20H21NO2/c1-12-6-2-3-7-13(12)18-19-14(8-4-10-16(19)22)21-15-9-5-11-17(23)20(15)18/h2-3,6-7,18,21H,4-5,8-11H2,1H3. The minimum Gasteiger partial charge on any atom is -0.362 e. The number of nitrogens with one attached hydrogen (secondary N) is 1. The maximum absolute atomic E-state index is 12.7.